The van der Waals surface area contributed by atoms with Gasteiger partial charge in [-0.2, -0.15) is 0 Å². The molecule has 0 fully saturated rings. The average molecular weight is 232 g/mol. The molecule has 0 saturated heterocycles. The van der Waals surface area contributed by atoms with Crippen LogP contribution in [0.25, 0.3) is 0 Å². The highest BCUT2D eigenvalue weighted by atomic mass is 79.9. The van der Waals surface area contributed by atoms with Crippen LogP contribution < -0.4 is 0 Å². The number of carbonyl (C=O) groups excluding carboxylic acids is 1. The van der Waals surface area contributed by atoms with Crippen LogP contribution in [0.15, 0.2) is 22.8 Å². The second kappa shape index (κ2) is 3.76. The fourth-order valence-electron chi connectivity index (χ4n) is 0.749. The van der Waals surface area contributed by atoms with E-state index in [9.17, 15) is 9.18 Å². The first-order valence-electron chi connectivity index (χ1n) is 3.42. The Morgan fingerprint density at radius 1 is 1.67 bits per heavy atom. The third-order valence-electron chi connectivity index (χ3n) is 1.33. The summed E-state index contributed by atoms with van der Waals surface area (Å²) in [6, 6.07) is 4.82. The number of hydrogen-bond donors (Lipinski definition) is 0. The van der Waals surface area contributed by atoms with Gasteiger partial charge in [0.15, 0.2) is 6.17 Å². The van der Waals surface area contributed by atoms with Crippen molar-refractivity contribution in [3.8, 4) is 0 Å². The molecule has 0 aliphatic carbocycles. The van der Waals surface area contributed by atoms with Crippen molar-refractivity contribution in [2.45, 2.75) is 13.1 Å². The van der Waals surface area contributed by atoms with Gasteiger partial charge >= 0.3 is 0 Å². The summed E-state index contributed by atoms with van der Waals surface area (Å²) in [5.41, 5.74) is 0.152. The largest absolute Gasteiger partial charge is 0.289 e. The van der Waals surface area contributed by atoms with Gasteiger partial charge in [-0.1, -0.05) is 6.07 Å². The maximum absolute atomic E-state index is 12.5. The Hall–Kier alpha value is -0.770. The standard InChI is InChI=1S/C8H7BrFNO/c1-5(10)8(12)6-3-2-4-7(9)11-6/h2-5H,1H3. The van der Waals surface area contributed by atoms with Crippen LogP contribution in [0.1, 0.15) is 17.4 Å². The second-order valence-electron chi connectivity index (χ2n) is 2.33. The first kappa shape index (κ1) is 9.32. The fourth-order valence-corrected chi connectivity index (χ4v) is 1.09. The minimum atomic E-state index is -1.49. The van der Waals surface area contributed by atoms with E-state index in [1.165, 1.54) is 13.0 Å². The molecule has 1 unspecified atom stereocenters. The molecule has 0 aliphatic rings. The van der Waals surface area contributed by atoms with E-state index in [1.807, 2.05) is 0 Å². The Morgan fingerprint density at radius 3 is 2.83 bits per heavy atom. The molecular formula is C8H7BrFNO. The van der Waals surface area contributed by atoms with Crippen molar-refractivity contribution < 1.29 is 9.18 Å². The van der Waals surface area contributed by atoms with Gasteiger partial charge < -0.3 is 0 Å². The van der Waals surface area contributed by atoms with Gasteiger partial charge in [0, 0.05) is 0 Å². The molecule has 1 atom stereocenters. The lowest BCUT2D eigenvalue weighted by atomic mass is 10.2. The van der Waals surface area contributed by atoms with E-state index < -0.39 is 12.0 Å². The molecule has 0 amide bonds. The van der Waals surface area contributed by atoms with Gasteiger partial charge in [0.1, 0.15) is 10.3 Å². The first-order chi connectivity index (χ1) is 5.61. The van der Waals surface area contributed by atoms with Crippen molar-refractivity contribution >= 4 is 21.7 Å². The number of nitrogens with zero attached hydrogens (tertiary/aromatic N) is 1. The highest BCUT2D eigenvalue weighted by Crippen LogP contribution is 2.08. The van der Waals surface area contributed by atoms with Gasteiger partial charge in [-0.3, -0.25) is 4.79 Å². The van der Waals surface area contributed by atoms with Crippen molar-refractivity contribution in [3.63, 3.8) is 0 Å². The maximum atomic E-state index is 12.5. The number of alkyl halides is 1. The molecule has 1 heterocycles. The van der Waals surface area contributed by atoms with Gasteiger partial charge in [-0.15, -0.1) is 0 Å². The Morgan fingerprint density at radius 2 is 2.33 bits per heavy atom. The molecule has 12 heavy (non-hydrogen) atoms. The van der Waals surface area contributed by atoms with E-state index >= 15 is 0 Å². The monoisotopic (exact) mass is 231 g/mol. The molecule has 0 saturated carbocycles. The maximum Gasteiger partial charge on any atom is 0.214 e. The zero-order valence-electron chi connectivity index (χ0n) is 6.42. The van der Waals surface area contributed by atoms with E-state index in [-0.39, 0.29) is 5.69 Å². The number of rotatable bonds is 2. The zero-order valence-corrected chi connectivity index (χ0v) is 8.01. The topological polar surface area (TPSA) is 30.0 Å². The predicted octanol–water partition coefficient (Wildman–Crippen LogP) is 2.38. The zero-order chi connectivity index (χ0) is 9.14. The fraction of sp³-hybridized carbons (Fsp3) is 0.250. The minimum Gasteiger partial charge on any atom is -0.289 e. The van der Waals surface area contributed by atoms with Crippen LogP contribution >= 0.6 is 15.9 Å². The summed E-state index contributed by atoms with van der Waals surface area (Å²) >= 11 is 3.09. The number of Topliss-reactive ketones (excluding diaryl/α,β-unsaturated/α-hetero) is 1. The molecule has 0 aromatic carbocycles. The Bertz CT molecular complexity index is 301. The van der Waals surface area contributed by atoms with Crippen molar-refractivity contribution in [2.75, 3.05) is 0 Å². The van der Waals surface area contributed by atoms with E-state index in [2.05, 4.69) is 20.9 Å². The molecule has 1 aromatic rings. The second-order valence-corrected chi connectivity index (χ2v) is 3.14. The average Bonchev–Trinajstić information content (AvgIpc) is 2.03. The number of hydrogen-bond acceptors (Lipinski definition) is 2. The van der Waals surface area contributed by atoms with Crippen molar-refractivity contribution in [3.05, 3.63) is 28.5 Å². The predicted molar refractivity (Wildman–Crippen MR) is 46.8 cm³/mol. The van der Waals surface area contributed by atoms with E-state index in [0.29, 0.717) is 4.60 Å². The molecule has 1 rings (SSSR count). The molecule has 4 heteroatoms. The summed E-state index contributed by atoms with van der Waals surface area (Å²) in [6.07, 6.45) is -1.49. The number of halogens is 2. The van der Waals surface area contributed by atoms with Crippen LogP contribution in [0.3, 0.4) is 0 Å². The quantitative estimate of drug-likeness (QED) is 0.578. The van der Waals surface area contributed by atoms with Gasteiger partial charge in [-0.25, -0.2) is 9.37 Å². The van der Waals surface area contributed by atoms with Gasteiger partial charge in [0.2, 0.25) is 5.78 Å². The van der Waals surface area contributed by atoms with Crippen LogP contribution in [0, 0.1) is 0 Å². The smallest absolute Gasteiger partial charge is 0.214 e. The molecule has 2 nitrogen and oxygen atoms in total. The summed E-state index contributed by atoms with van der Waals surface area (Å²) in [7, 11) is 0. The molecule has 1 aromatic heterocycles. The summed E-state index contributed by atoms with van der Waals surface area (Å²) in [6.45, 7) is 1.20. The molecular weight excluding hydrogens is 225 g/mol. The SMILES string of the molecule is CC(F)C(=O)c1cccc(Br)n1. The Balaban J connectivity index is 2.96. The van der Waals surface area contributed by atoms with Crippen LogP contribution in [0.5, 0.6) is 0 Å². The number of carbonyl (C=O) groups is 1. The van der Waals surface area contributed by atoms with Gasteiger partial charge in [0.05, 0.1) is 0 Å². The number of aromatic nitrogens is 1. The van der Waals surface area contributed by atoms with Crippen LogP contribution in [-0.2, 0) is 0 Å². The molecule has 0 aliphatic heterocycles. The lowest BCUT2D eigenvalue weighted by molar-refractivity contribution is 0.0887. The van der Waals surface area contributed by atoms with E-state index in [1.54, 1.807) is 12.1 Å². The molecule has 0 N–H and O–H groups in total. The first-order valence-corrected chi connectivity index (χ1v) is 4.21. The summed E-state index contributed by atoms with van der Waals surface area (Å²) < 4.78 is 13.0. The third-order valence-corrected chi connectivity index (χ3v) is 1.77. The van der Waals surface area contributed by atoms with Gasteiger partial charge in [-0.05, 0) is 35.0 Å². The van der Waals surface area contributed by atoms with Crippen LogP contribution in [0.4, 0.5) is 4.39 Å². The molecule has 64 valence electrons. The Labute approximate surface area is 77.9 Å². The molecule has 0 spiro atoms. The van der Waals surface area contributed by atoms with Gasteiger partial charge in [0.25, 0.3) is 0 Å². The summed E-state index contributed by atoms with van der Waals surface area (Å²) in [4.78, 5) is 14.9. The highest BCUT2D eigenvalue weighted by Gasteiger charge is 2.14. The highest BCUT2D eigenvalue weighted by molar-refractivity contribution is 9.10. The van der Waals surface area contributed by atoms with Crippen molar-refractivity contribution in [1.82, 2.24) is 4.98 Å². The minimum absolute atomic E-state index is 0.152. The Kier molecular flexibility index (Phi) is 2.92. The van der Waals surface area contributed by atoms with E-state index in [0.717, 1.165) is 0 Å². The number of ketones is 1. The summed E-state index contributed by atoms with van der Waals surface area (Å²) in [5, 5.41) is 0. The van der Waals surface area contributed by atoms with Crippen molar-refractivity contribution in [1.29, 1.82) is 0 Å². The number of pyridine rings is 1. The normalized spacial score (nSPS) is 12.6. The molecule has 0 bridgehead atoms. The van der Waals surface area contributed by atoms with Crippen LogP contribution in [0.2, 0.25) is 0 Å². The van der Waals surface area contributed by atoms with Crippen molar-refractivity contribution in [2.24, 2.45) is 0 Å². The summed E-state index contributed by atoms with van der Waals surface area (Å²) in [5.74, 6) is -0.587. The van der Waals surface area contributed by atoms with E-state index in [4.69, 9.17) is 0 Å². The third kappa shape index (κ3) is 2.11. The lowest BCUT2D eigenvalue weighted by Crippen LogP contribution is -2.13. The van der Waals surface area contributed by atoms with Crippen LogP contribution in [-0.4, -0.2) is 16.9 Å². The molecule has 0 radical (unpaired) electrons. The lowest BCUT2D eigenvalue weighted by Gasteiger charge is -1.99.